The molecule has 7 nitrogen and oxygen atoms in total. The number of nitrogens with one attached hydrogen (secondary N) is 3. The number of amides is 2. The van der Waals surface area contributed by atoms with Crippen LogP contribution in [0.4, 0.5) is 11.4 Å². The Balaban J connectivity index is 1.75. The molecule has 3 rings (SSSR count). The fourth-order valence-corrected chi connectivity index (χ4v) is 3.65. The van der Waals surface area contributed by atoms with E-state index in [1.54, 1.807) is 36.4 Å². The lowest BCUT2D eigenvalue weighted by Crippen LogP contribution is -2.14. The average molecular weight is 357 g/mol. The first-order valence-electron chi connectivity index (χ1n) is 7.36. The molecule has 2 aromatic carbocycles. The molecule has 0 saturated heterocycles. The molecule has 128 valence electrons. The predicted octanol–water partition coefficient (Wildman–Crippen LogP) is 1.86. The van der Waals surface area contributed by atoms with Gasteiger partial charge in [-0.1, -0.05) is 12.6 Å². The van der Waals surface area contributed by atoms with Crippen molar-refractivity contribution in [3.63, 3.8) is 0 Å². The lowest BCUT2D eigenvalue weighted by atomic mass is 10.1. The molecule has 1 heterocycles. The standard InChI is InChI=1S/C17H15N3O4S/c1-2-16(21)19-13-6-3-11(4-7-13)17(22)20-14-8-5-12-10-18-25(23,24)15(12)9-14/h2-9,18H,1,10H2,(H,19,21)(H,20,22). The van der Waals surface area contributed by atoms with E-state index in [-0.39, 0.29) is 23.3 Å². The van der Waals surface area contributed by atoms with Crippen LogP contribution in [0.15, 0.2) is 60.0 Å². The fraction of sp³-hybridized carbons (Fsp3) is 0.0588. The Hall–Kier alpha value is -2.97. The highest BCUT2D eigenvalue weighted by atomic mass is 32.2. The molecule has 2 amide bonds. The quantitative estimate of drug-likeness (QED) is 0.726. The third-order valence-corrected chi connectivity index (χ3v) is 5.15. The topological polar surface area (TPSA) is 104 Å². The van der Waals surface area contributed by atoms with Crippen molar-refractivity contribution < 1.29 is 18.0 Å². The maximum atomic E-state index is 12.3. The number of anilines is 2. The smallest absolute Gasteiger partial charge is 0.255 e. The van der Waals surface area contributed by atoms with E-state index in [1.165, 1.54) is 6.07 Å². The zero-order valence-corrected chi connectivity index (χ0v) is 13.9. The third kappa shape index (κ3) is 3.59. The molecule has 0 aliphatic carbocycles. The number of carbonyl (C=O) groups excluding carboxylic acids is 2. The van der Waals surface area contributed by atoms with Crippen molar-refractivity contribution >= 4 is 33.2 Å². The van der Waals surface area contributed by atoms with Crippen LogP contribution in [0.5, 0.6) is 0 Å². The maximum absolute atomic E-state index is 12.3. The summed E-state index contributed by atoms with van der Waals surface area (Å²) >= 11 is 0. The first kappa shape index (κ1) is 16.9. The Morgan fingerprint density at radius 1 is 1.04 bits per heavy atom. The van der Waals surface area contributed by atoms with Gasteiger partial charge >= 0.3 is 0 Å². The Morgan fingerprint density at radius 2 is 1.72 bits per heavy atom. The number of benzene rings is 2. The number of carbonyl (C=O) groups is 2. The first-order valence-corrected chi connectivity index (χ1v) is 8.85. The van der Waals surface area contributed by atoms with Crippen LogP contribution >= 0.6 is 0 Å². The minimum absolute atomic E-state index is 0.174. The molecule has 0 aromatic heterocycles. The second kappa shape index (κ2) is 6.50. The molecular weight excluding hydrogens is 342 g/mol. The lowest BCUT2D eigenvalue weighted by Gasteiger charge is -2.08. The summed E-state index contributed by atoms with van der Waals surface area (Å²) in [6.45, 7) is 3.61. The summed E-state index contributed by atoms with van der Waals surface area (Å²) in [6.07, 6.45) is 1.15. The highest BCUT2D eigenvalue weighted by Gasteiger charge is 2.25. The normalized spacial score (nSPS) is 14.4. The molecule has 2 aromatic rings. The molecule has 0 atom stereocenters. The van der Waals surface area contributed by atoms with E-state index in [0.717, 1.165) is 6.08 Å². The highest BCUT2D eigenvalue weighted by Crippen LogP contribution is 2.25. The van der Waals surface area contributed by atoms with Crippen molar-refractivity contribution in [2.45, 2.75) is 11.4 Å². The summed E-state index contributed by atoms with van der Waals surface area (Å²) in [5.74, 6) is -0.727. The number of sulfonamides is 1. The molecule has 3 N–H and O–H groups in total. The molecule has 0 radical (unpaired) electrons. The zero-order chi connectivity index (χ0) is 18.0. The molecule has 8 heteroatoms. The lowest BCUT2D eigenvalue weighted by molar-refractivity contribution is -0.111. The fourth-order valence-electron chi connectivity index (χ4n) is 2.38. The SMILES string of the molecule is C=CC(=O)Nc1ccc(C(=O)Nc2ccc3c(c2)S(=O)(=O)NC3)cc1. The number of hydrogen-bond acceptors (Lipinski definition) is 4. The minimum atomic E-state index is -3.50. The molecule has 25 heavy (non-hydrogen) atoms. The third-order valence-electron chi connectivity index (χ3n) is 3.67. The van der Waals surface area contributed by atoms with Crippen LogP contribution in [0.25, 0.3) is 0 Å². The van der Waals surface area contributed by atoms with Gasteiger partial charge < -0.3 is 10.6 Å². The molecule has 1 aliphatic heterocycles. The maximum Gasteiger partial charge on any atom is 0.255 e. The molecular formula is C17H15N3O4S. The van der Waals surface area contributed by atoms with Crippen molar-refractivity contribution in [3.05, 3.63) is 66.2 Å². The van der Waals surface area contributed by atoms with Crippen LogP contribution in [0.1, 0.15) is 15.9 Å². The van der Waals surface area contributed by atoms with Gasteiger partial charge in [0, 0.05) is 23.5 Å². The molecule has 0 spiro atoms. The molecule has 1 aliphatic rings. The van der Waals surface area contributed by atoms with Gasteiger partial charge in [0.15, 0.2) is 0 Å². The molecule has 0 bridgehead atoms. The van der Waals surface area contributed by atoms with Gasteiger partial charge in [0.1, 0.15) is 0 Å². The van der Waals surface area contributed by atoms with Crippen molar-refractivity contribution in [1.29, 1.82) is 0 Å². The predicted molar refractivity (Wildman–Crippen MR) is 93.7 cm³/mol. The van der Waals surface area contributed by atoms with Gasteiger partial charge in [-0.2, -0.15) is 0 Å². The van der Waals surface area contributed by atoms with Crippen LogP contribution in [0.3, 0.4) is 0 Å². The van der Waals surface area contributed by atoms with Gasteiger partial charge in [-0.3, -0.25) is 9.59 Å². The van der Waals surface area contributed by atoms with Gasteiger partial charge in [0.25, 0.3) is 5.91 Å². The van der Waals surface area contributed by atoms with E-state index in [0.29, 0.717) is 22.5 Å². The van der Waals surface area contributed by atoms with Crippen molar-refractivity contribution in [3.8, 4) is 0 Å². The summed E-state index contributed by atoms with van der Waals surface area (Å²) in [6, 6.07) is 11.0. The largest absolute Gasteiger partial charge is 0.323 e. The summed E-state index contributed by atoms with van der Waals surface area (Å²) in [7, 11) is -3.50. The Kier molecular flexibility index (Phi) is 4.39. The van der Waals surface area contributed by atoms with Gasteiger partial charge in [-0.05, 0) is 48.0 Å². The molecule has 0 fully saturated rings. The van der Waals surface area contributed by atoms with E-state index >= 15 is 0 Å². The monoisotopic (exact) mass is 357 g/mol. The van der Waals surface area contributed by atoms with E-state index in [1.807, 2.05) is 0 Å². The number of rotatable bonds is 4. The number of hydrogen-bond donors (Lipinski definition) is 3. The van der Waals surface area contributed by atoms with Gasteiger partial charge in [-0.15, -0.1) is 0 Å². The minimum Gasteiger partial charge on any atom is -0.323 e. The average Bonchev–Trinajstić information content (AvgIpc) is 2.90. The van der Waals surface area contributed by atoms with Crippen molar-refractivity contribution in [2.75, 3.05) is 10.6 Å². The summed E-state index contributed by atoms with van der Waals surface area (Å²) < 4.78 is 26.1. The van der Waals surface area contributed by atoms with Gasteiger partial charge in [0.2, 0.25) is 15.9 Å². The van der Waals surface area contributed by atoms with Gasteiger partial charge in [-0.25, -0.2) is 13.1 Å². The molecule has 0 saturated carbocycles. The zero-order valence-electron chi connectivity index (χ0n) is 13.1. The van der Waals surface area contributed by atoms with E-state index in [2.05, 4.69) is 21.9 Å². The van der Waals surface area contributed by atoms with E-state index in [9.17, 15) is 18.0 Å². The van der Waals surface area contributed by atoms with Crippen LogP contribution in [0, 0.1) is 0 Å². The van der Waals surface area contributed by atoms with E-state index < -0.39 is 10.0 Å². The second-order valence-corrected chi connectivity index (χ2v) is 7.11. The first-order chi connectivity index (χ1) is 11.9. The Labute approximate surface area is 144 Å². The van der Waals surface area contributed by atoms with Crippen molar-refractivity contribution in [2.24, 2.45) is 0 Å². The second-order valence-electron chi connectivity index (χ2n) is 5.37. The van der Waals surface area contributed by atoms with Crippen LogP contribution in [0.2, 0.25) is 0 Å². The van der Waals surface area contributed by atoms with Crippen LogP contribution in [-0.2, 0) is 21.4 Å². The van der Waals surface area contributed by atoms with Crippen LogP contribution in [-0.4, -0.2) is 20.2 Å². The van der Waals surface area contributed by atoms with E-state index in [4.69, 9.17) is 0 Å². The highest BCUT2D eigenvalue weighted by molar-refractivity contribution is 7.89. The van der Waals surface area contributed by atoms with Crippen LogP contribution < -0.4 is 15.4 Å². The summed E-state index contributed by atoms with van der Waals surface area (Å²) in [5.41, 5.74) is 1.97. The molecule has 0 unspecified atom stereocenters. The summed E-state index contributed by atoms with van der Waals surface area (Å²) in [5, 5.41) is 5.24. The van der Waals surface area contributed by atoms with Gasteiger partial charge in [0.05, 0.1) is 4.90 Å². The van der Waals surface area contributed by atoms with Crippen molar-refractivity contribution in [1.82, 2.24) is 4.72 Å². The Bertz CT molecular complexity index is 966. The Morgan fingerprint density at radius 3 is 2.40 bits per heavy atom. The number of fused-ring (bicyclic) bond motifs is 1. The summed E-state index contributed by atoms with van der Waals surface area (Å²) in [4.78, 5) is 23.7.